The van der Waals surface area contributed by atoms with E-state index in [1.807, 2.05) is 50.2 Å². The monoisotopic (exact) mass is 431 g/mol. The van der Waals surface area contributed by atoms with E-state index in [4.69, 9.17) is 9.84 Å². The standard InChI is InChI=1S/C25H25N3O4/c1-17-7-12-22(13-18(17)2)26-15-24(29)28-27-14-21-5-3-4-6-23(21)32-16-19-8-10-20(11-9-19)25(30)31/h3-14,26H,15-16H2,1-2H3,(H,28,29)(H,30,31)/b27-14-. The summed E-state index contributed by atoms with van der Waals surface area (Å²) < 4.78 is 5.84. The van der Waals surface area contributed by atoms with Crippen molar-refractivity contribution in [2.24, 2.45) is 5.10 Å². The third-order valence-corrected chi connectivity index (χ3v) is 4.87. The van der Waals surface area contributed by atoms with Crippen molar-refractivity contribution in [2.75, 3.05) is 11.9 Å². The average Bonchev–Trinajstić information content (AvgIpc) is 2.79. The van der Waals surface area contributed by atoms with Crippen LogP contribution in [0, 0.1) is 13.8 Å². The number of carbonyl (C=O) groups excluding carboxylic acids is 1. The van der Waals surface area contributed by atoms with Crippen LogP contribution in [0.2, 0.25) is 0 Å². The molecule has 0 heterocycles. The number of nitrogens with one attached hydrogen (secondary N) is 2. The first kappa shape index (κ1) is 22.6. The highest BCUT2D eigenvalue weighted by Crippen LogP contribution is 2.18. The van der Waals surface area contributed by atoms with Crippen molar-refractivity contribution < 1.29 is 19.4 Å². The fourth-order valence-corrected chi connectivity index (χ4v) is 2.87. The molecule has 0 saturated heterocycles. The van der Waals surface area contributed by atoms with Crippen LogP contribution in [0.25, 0.3) is 0 Å². The van der Waals surface area contributed by atoms with Crippen LogP contribution >= 0.6 is 0 Å². The van der Waals surface area contributed by atoms with Crippen molar-refractivity contribution in [3.63, 3.8) is 0 Å². The Kier molecular flexibility index (Phi) is 7.59. The zero-order chi connectivity index (χ0) is 22.9. The number of aryl methyl sites for hydroxylation is 2. The Balaban J connectivity index is 1.52. The molecule has 0 aromatic heterocycles. The number of benzene rings is 3. The van der Waals surface area contributed by atoms with Crippen molar-refractivity contribution >= 4 is 23.8 Å². The van der Waals surface area contributed by atoms with Gasteiger partial charge in [-0.15, -0.1) is 0 Å². The molecule has 3 aromatic rings. The van der Waals surface area contributed by atoms with Gasteiger partial charge in [0.1, 0.15) is 12.4 Å². The molecular formula is C25H25N3O4. The van der Waals surface area contributed by atoms with E-state index in [2.05, 4.69) is 15.8 Å². The van der Waals surface area contributed by atoms with E-state index in [1.165, 1.54) is 23.9 Å². The average molecular weight is 431 g/mol. The first-order valence-corrected chi connectivity index (χ1v) is 10.1. The summed E-state index contributed by atoms with van der Waals surface area (Å²) in [7, 11) is 0. The van der Waals surface area contributed by atoms with Crippen LogP contribution in [0.5, 0.6) is 5.75 Å². The van der Waals surface area contributed by atoms with Crippen LogP contribution < -0.4 is 15.5 Å². The van der Waals surface area contributed by atoms with Crippen LogP contribution in [0.4, 0.5) is 5.69 Å². The number of hydrazone groups is 1. The molecule has 0 fully saturated rings. The van der Waals surface area contributed by atoms with E-state index < -0.39 is 5.97 Å². The van der Waals surface area contributed by atoms with Gasteiger partial charge in [-0.05, 0) is 66.9 Å². The van der Waals surface area contributed by atoms with Crippen molar-refractivity contribution in [1.82, 2.24) is 5.43 Å². The minimum Gasteiger partial charge on any atom is -0.488 e. The highest BCUT2D eigenvalue weighted by molar-refractivity contribution is 5.87. The number of para-hydroxylation sites is 1. The Morgan fingerprint density at radius 2 is 1.75 bits per heavy atom. The zero-order valence-electron chi connectivity index (χ0n) is 18.0. The summed E-state index contributed by atoms with van der Waals surface area (Å²) in [6.45, 7) is 4.44. The lowest BCUT2D eigenvalue weighted by molar-refractivity contribution is -0.119. The number of anilines is 1. The van der Waals surface area contributed by atoms with Gasteiger partial charge in [-0.25, -0.2) is 10.2 Å². The molecule has 0 spiro atoms. The lowest BCUT2D eigenvalue weighted by Gasteiger charge is -2.09. The number of rotatable bonds is 9. The second-order valence-electron chi connectivity index (χ2n) is 7.27. The summed E-state index contributed by atoms with van der Waals surface area (Å²) >= 11 is 0. The molecule has 0 unspecified atom stereocenters. The summed E-state index contributed by atoms with van der Waals surface area (Å²) in [5, 5.41) is 16.1. The third kappa shape index (κ3) is 6.43. The Bertz CT molecular complexity index is 1120. The van der Waals surface area contributed by atoms with Gasteiger partial charge in [0.25, 0.3) is 5.91 Å². The van der Waals surface area contributed by atoms with Crippen molar-refractivity contribution in [3.8, 4) is 5.75 Å². The van der Waals surface area contributed by atoms with Gasteiger partial charge in [0.05, 0.1) is 18.3 Å². The van der Waals surface area contributed by atoms with Gasteiger partial charge >= 0.3 is 5.97 Å². The van der Waals surface area contributed by atoms with Gasteiger partial charge in [0.2, 0.25) is 0 Å². The first-order chi connectivity index (χ1) is 15.4. The van der Waals surface area contributed by atoms with Gasteiger partial charge in [-0.3, -0.25) is 4.79 Å². The number of carbonyl (C=O) groups is 2. The molecular weight excluding hydrogens is 406 g/mol. The summed E-state index contributed by atoms with van der Waals surface area (Å²) in [6, 6.07) is 19.7. The van der Waals surface area contributed by atoms with Crippen LogP contribution in [-0.4, -0.2) is 29.7 Å². The SMILES string of the molecule is Cc1ccc(NCC(=O)N/N=C\c2ccccc2OCc2ccc(C(=O)O)cc2)cc1C. The fourth-order valence-electron chi connectivity index (χ4n) is 2.87. The molecule has 1 amide bonds. The molecule has 0 aliphatic heterocycles. The molecule has 7 heteroatoms. The van der Waals surface area contributed by atoms with Gasteiger partial charge in [0, 0.05) is 11.3 Å². The minimum absolute atomic E-state index is 0.102. The molecule has 32 heavy (non-hydrogen) atoms. The number of amides is 1. The van der Waals surface area contributed by atoms with Gasteiger partial charge in [0.15, 0.2) is 0 Å². The van der Waals surface area contributed by atoms with Crippen LogP contribution in [0.1, 0.15) is 32.6 Å². The summed E-state index contributed by atoms with van der Waals surface area (Å²) in [5.74, 6) is -0.636. The molecule has 0 atom stereocenters. The normalized spacial score (nSPS) is 10.7. The summed E-state index contributed by atoms with van der Waals surface area (Å²) in [4.78, 5) is 23.0. The van der Waals surface area contributed by atoms with Crippen LogP contribution in [-0.2, 0) is 11.4 Å². The minimum atomic E-state index is -0.967. The lowest BCUT2D eigenvalue weighted by atomic mass is 10.1. The van der Waals surface area contributed by atoms with E-state index >= 15 is 0 Å². The number of ether oxygens (including phenoxy) is 1. The molecule has 164 valence electrons. The Morgan fingerprint density at radius 1 is 1.00 bits per heavy atom. The number of carboxylic acid groups (broad SMARTS) is 1. The second kappa shape index (κ2) is 10.8. The molecule has 3 rings (SSSR count). The van der Waals surface area contributed by atoms with E-state index in [0.29, 0.717) is 11.3 Å². The maximum atomic E-state index is 12.1. The fraction of sp³-hybridized carbons (Fsp3) is 0.160. The van der Waals surface area contributed by atoms with E-state index in [0.717, 1.165) is 16.8 Å². The lowest BCUT2D eigenvalue weighted by Crippen LogP contribution is -2.25. The summed E-state index contributed by atoms with van der Waals surface area (Å²) in [6.07, 6.45) is 1.52. The molecule has 0 aliphatic carbocycles. The topological polar surface area (TPSA) is 100 Å². The van der Waals surface area contributed by atoms with E-state index in [1.54, 1.807) is 18.2 Å². The van der Waals surface area contributed by atoms with Gasteiger partial charge in [-0.1, -0.05) is 30.3 Å². The predicted molar refractivity (Wildman–Crippen MR) is 124 cm³/mol. The van der Waals surface area contributed by atoms with Gasteiger partial charge < -0.3 is 15.2 Å². The largest absolute Gasteiger partial charge is 0.488 e. The third-order valence-electron chi connectivity index (χ3n) is 4.87. The predicted octanol–water partition coefficient (Wildman–Crippen LogP) is 4.14. The summed E-state index contributed by atoms with van der Waals surface area (Å²) in [5.41, 5.74) is 7.50. The van der Waals surface area contributed by atoms with Crippen LogP contribution in [0.3, 0.4) is 0 Å². The second-order valence-corrected chi connectivity index (χ2v) is 7.27. The number of hydrogen-bond donors (Lipinski definition) is 3. The number of nitrogens with zero attached hydrogens (tertiary/aromatic N) is 1. The van der Waals surface area contributed by atoms with Gasteiger partial charge in [-0.2, -0.15) is 5.10 Å². The molecule has 0 radical (unpaired) electrons. The molecule has 7 nitrogen and oxygen atoms in total. The maximum Gasteiger partial charge on any atom is 0.335 e. The molecule has 0 bridgehead atoms. The van der Waals surface area contributed by atoms with E-state index in [-0.39, 0.29) is 24.6 Å². The first-order valence-electron chi connectivity index (χ1n) is 10.1. The Hall–Kier alpha value is -4.13. The van der Waals surface area contributed by atoms with Crippen LogP contribution in [0.15, 0.2) is 71.8 Å². The Morgan fingerprint density at radius 3 is 2.47 bits per heavy atom. The molecule has 3 aromatic carbocycles. The molecule has 0 aliphatic rings. The number of carboxylic acids is 1. The number of aromatic carboxylic acids is 1. The number of hydrogen-bond acceptors (Lipinski definition) is 5. The highest BCUT2D eigenvalue weighted by Gasteiger charge is 2.05. The smallest absolute Gasteiger partial charge is 0.335 e. The van der Waals surface area contributed by atoms with Crippen molar-refractivity contribution in [1.29, 1.82) is 0 Å². The van der Waals surface area contributed by atoms with E-state index in [9.17, 15) is 9.59 Å². The zero-order valence-corrected chi connectivity index (χ0v) is 18.0. The molecule has 3 N–H and O–H groups in total. The van der Waals surface area contributed by atoms with Crippen molar-refractivity contribution in [2.45, 2.75) is 20.5 Å². The quantitative estimate of drug-likeness (QED) is 0.349. The van der Waals surface area contributed by atoms with Crippen molar-refractivity contribution in [3.05, 3.63) is 94.5 Å². The highest BCUT2D eigenvalue weighted by atomic mass is 16.5. The maximum absolute atomic E-state index is 12.1. The molecule has 0 saturated carbocycles. The Labute approximate surface area is 186 Å².